The summed E-state index contributed by atoms with van der Waals surface area (Å²) in [5, 5.41) is 3.12. The van der Waals surface area contributed by atoms with E-state index in [0.29, 0.717) is 30.2 Å². The molecule has 3 heterocycles. The Bertz CT molecular complexity index is 1150. The topological polar surface area (TPSA) is 108 Å². The van der Waals surface area contributed by atoms with E-state index in [2.05, 4.69) is 20.3 Å². The Balaban J connectivity index is 1.34. The van der Waals surface area contributed by atoms with Crippen molar-refractivity contribution in [1.82, 2.24) is 19.3 Å². The molecule has 0 saturated heterocycles. The average molecular weight is 403 g/mol. The Morgan fingerprint density at radius 1 is 1.33 bits per heavy atom. The van der Waals surface area contributed by atoms with Gasteiger partial charge in [0, 0.05) is 30.0 Å². The SMILES string of the molecule is O=C(Nc1nc2c(s1)CN(S(=O)(=O)C1CC1)CC2)c1ccc2nc[nH]c2c1. The number of aromatic nitrogens is 3. The highest BCUT2D eigenvalue weighted by Gasteiger charge is 2.41. The second-order valence-corrected chi connectivity index (χ2v) is 10.1. The third-order valence-corrected chi connectivity index (χ3v) is 8.25. The standard InChI is InChI=1S/C17H17N5O3S2/c23-16(10-1-4-12-14(7-10)19-9-18-12)21-17-20-13-5-6-22(8-15(13)26-17)27(24,25)11-2-3-11/h1,4,7,9,11H,2-3,5-6,8H2,(H,18,19)(H,20,21,23). The molecule has 2 N–H and O–H groups in total. The molecular weight excluding hydrogens is 386 g/mol. The van der Waals surface area contributed by atoms with Crippen LogP contribution in [0.3, 0.4) is 0 Å². The van der Waals surface area contributed by atoms with Gasteiger partial charge in [0.2, 0.25) is 10.0 Å². The van der Waals surface area contributed by atoms with Gasteiger partial charge in [0.1, 0.15) is 0 Å². The van der Waals surface area contributed by atoms with Gasteiger partial charge in [-0.25, -0.2) is 18.4 Å². The van der Waals surface area contributed by atoms with Crippen molar-refractivity contribution in [2.75, 3.05) is 11.9 Å². The molecule has 1 saturated carbocycles. The lowest BCUT2D eigenvalue weighted by molar-refractivity contribution is 0.102. The number of nitrogens with zero attached hydrogens (tertiary/aromatic N) is 3. The Hall–Kier alpha value is -2.30. The smallest absolute Gasteiger partial charge is 0.257 e. The van der Waals surface area contributed by atoms with Crippen molar-refractivity contribution in [1.29, 1.82) is 0 Å². The number of carbonyl (C=O) groups excluding carboxylic acids is 1. The molecule has 140 valence electrons. The predicted octanol–water partition coefficient (Wildman–Crippen LogP) is 2.12. The highest BCUT2D eigenvalue weighted by atomic mass is 32.2. The molecular formula is C17H17N5O3S2. The van der Waals surface area contributed by atoms with Gasteiger partial charge in [-0.15, -0.1) is 11.3 Å². The molecule has 0 atom stereocenters. The maximum atomic E-state index is 12.5. The summed E-state index contributed by atoms with van der Waals surface area (Å²) >= 11 is 1.35. The number of benzene rings is 1. The van der Waals surface area contributed by atoms with Crippen molar-refractivity contribution in [3.05, 3.63) is 40.7 Å². The molecule has 0 unspecified atom stereocenters. The molecule has 0 spiro atoms. The number of hydrogen-bond donors (Lipinski definition) is 2. The zero-order chi connectivity index (χ0) is 18.6. The van der Waals surface area contributed by atoms with Crippen LogP contribution in [0.1, 0.15) is 33.8 Å². The first-order valence-electron chi connectivity index (χ1n) is 8.73. The summed E-state index contributed by atoms with van der Waals surface area (Å²) in [6, 6.07) is 5.25. The number of nitrogens with one attached hydrogen (secondary N) is 2. The molecule has 5 rings (SSSR count). The van der Waals surface area contributed by atoms with Gasteiger partial charge in [-0.1, -0.05) is 0 Å². The van der Waals surface area contributed by atoms with Crippen molar-refractivity contribution >= 4 is 43.4 Å². The van der Waals surface area contributed by atoms with Crippen LogP contribution in [0.4, 0.5) is 5.13 Å². The average Bonchev–Trinajstić information content (AvgIpc) is 3.29. The lowest BCUT2D eigenvalue weighted by Gasteiger charge is -2.25. The number of H-pyrrole nitrogens is 1. The molecule has 3 aromatic rings. The monoisotopic (exact) mass is 403 g/mol. The first kappa shape index (κ1) is 16.8. The highest BCUT2D eigenvalue weighted by Crippen LogP contribution is 2.35. The van der Waals surface area contributed by atoms with E-state index < -0.39 is 10.0 Å². The third-order valence-electron chi connectivity index (χ3n) is 4.90. The number of carbonyl (C=O) groups is 1. The van der Waals surface area contributed by atoms with Crippen LogP contribution in [-0.4, -0.2) is 45.4 Å². The van der Waals surface area contributed by atoms with Gasteiger partial charge in [-0.3, -0.25) is 10.1 Å². The summed E-state index contributed by atoms with van der Waals surface area (Å²) in [7, 11) is -3.19. The van der Waals surface area contributed by atoms with Crippen LogP contribution in [0.25, 0.3) is 11.0 Å². The quantitative estimate of drug-likeness (QED) is 0.694. The number of sulfonamides is 1. The number of thiazole rings is 1. The van der Waals surface area contributed by atoms with Gasteiger partial charge in [-0.05, 0) is 31.0 Å². The van der Waals surface area contributed by atoms with Gasteiger partial charge < -0.3 is 4.98 Å². The number of imidazole rings is 1. The number of anilines is 1. The van der Waals surface area contributed by atoms with Crippen molar-refractivity contribution in [3.63, 3.8) is 0 Å². The Morgan fingerprint density at radius 3 is 3.00 bits per heavy atom. The first-order chi connectivity index (χ1) is 13.0. The van der Waals surface area contributed by atoms with Gasteiger partial charge >= 0.3 is 0 Å². The van der Waals surface area contributed by atoms with E-state index in [9.17, 15) is 13.2 Å². The van der Waals surface area contributed by atoms with E-state index in [1.807, 2.05) is 0 Å². The summed E-state index contributed by atoms with van der Waals surface area (Å²) in [6.45, 7) is 0.807. The maximum absolute atomic E-state index is 12.5. The Morgan fingerprint density at radius 2 is 2.19 bits per heavy atom. The summed E-state index contributed by atoms with van der Waals surface area (Å²) in [5.41, 5.74) is 2.98. The van der Waals surface area contributed by atoms with Crippen LogP contribution in [0.5, 0.6) is 0 Å². The number of fused-ring (bicyclic) bond motifs is 2. The fraction of sp³-hybridized carbons (Fsp3) is 0.353. The molecule has 10 heteroatoms. The van der Waals surface area contributed by atoms with E-state index in [0.717, 1.165) is 34.4 Å². The third kappa shape index (κ3) is 3.03. The summed E-state index contributed by atoms with van der Waals surface area (Å²) in [4.78, 5) is 25.1. The molecule has 2 aromatic heterocycles. The maximum Gasteiger partial charge on any atom is 0.257 e. The van der Waals surface area contributed by atoms with Crippen LogP contribution >= 0.6 is 11.3 Å². The Kier molecular flexibility index (Phi) is 3.81. The normalized spacial score (nSPS) is 17.8. The molecule has 0 radical (unpaired) electrons. The number of hydrogen-bond acceptors (Lipinski definition) is 6. The number of rotatable bonds is 4. The van der Waals surface area contributed by atoms with Gasteiger partial charge in [0.05, 0.1) is 28.3 Å². The minimum Gasteiger partial charge on any atom is -0.345 e. The molecule has 1 aliphatic heterocycles. The van der Waals surface area contributed by atoms with Crippen LogP contribution in [0.2, 0.25) is 0 Å². The highest BCUT2D eigenvalue weighted by molar-refractivity contribution is 7.90. The van der Waals surface area contributed by atoms with E-state index in [1.54, 1.807) is 28.8 Å². The lowest BCUT2D eigenvalue weighted by Crippen LogP contribution is -2.37. The summed E-state index contributed by atoms with van der Waals surface area (Å²) in [5.74, 6) is -0.250. The second kappa shape index (κ2) is 6.11. The molecule has 1 aliphatic carbocycles. The van der Waals surface area contributed by atoms with Crippen LogP contribution in [-0.2, 0) is 23.0 Å². The van der Waals surface area contributed by atoms with Crippen LogP contribution in [0.15, 0.2) is 24.5 Å². The summed E-state index contributed by atoms with van der Waals surface area (Å²) in [6.07, 6.45) is 3.68. The minimum absolute atomic E-state index is 0.205. The second-order valence-electron chi connectivity index (χ2n) is 6.81. The van der Waals surface area contributed by atoms with E-state index in [1.165, 1.54) is 11.3 Å². The van der Waals surface area contributed by atoms with Crippen molar-refractivity contribution in [2.24, 2.45) is 0 Å². The van der Waals surface area contributed by atoms with E-state index >= 15 is 0 Å². The molecule has 0 bridgehead atoms. The fourth-order valence-electron chi connectivity index (χ4n) is 3.27. The number of amides is 1. The van der Waals surface area contributed by atoms with Crippen molar-refractivity contribution in [3.8, 4) is 0 Å². The Labute approximate surface area is 159 Å². The molecule has 27 heavy (non-hydrogen) atoms. The van der Waals surface area contributed by atoms with Gasteiger partial charge in [0.15, 0.2) is 5.13 Å². The predicted molar refractivity (Wildman–Crippen MR) is 102 cm³/mol. The zero-order valence-electron chi connectivity index (χ0n) is 14.3. The first-order valence-corrected chi connectivity index (χ1v) is 11.0. The van der Waals surface area contributed by atoms with Crippen LogP contribution in [0, 0.1) is 0 Å². The molecule has 1 aromatic carbocycles. The van der Waals surface area contributed by atoms with Gasteiger partial charge in [0.25, 0.3) is 5.91 Å². The van der Waals surface area contributed by atoms with Crippen LogP contribution < -0.4 is 5.32 Å². The molecule has 2 aliphatic rings. The number of aromatic amines is 1. The molecule has 1 amide bonds. The lowest BCUT2D eigenvalue weighted by atomic mass is 10.2. The largest absolute Gasteiger partial charge is 0.345 e. The van der Waals surface area contributed by atoms with Crippen molar-refractivity contribution < 1.29 is 13.2 Å². The minimum atomic E-state index is -3.19. The molecule has 8 nitrogen and oxygen atoms in total. The van der Waals surface area contributed by atoms with Gasteiger partial charge in [-0.2, -0.15) is 4.31 Å². The van der Waals surface area contributed by atoms with E-state index in [4.69, 9.17) is 0 Å². The van der Waals surface area contributed by atoms with E-state index in [-0.39, 0.29) is 11.2 Å². The summed E-state index contributed by atoms with van der Waals surface area (Å²) < 4.78 is 26.4. The van der Waals surface area contributed by atoms with Crippen molar-refractivity contribution in [2.45, 2.75) is 31.1 Å². The molecule has 1 fully saturated rings. The fourth-order valence-corrected chi connectivity index (χ4v) is 6.17. The zero-order valence-corrected chi connectivity index (χ0v) is 15.9.